The smallest absolute Gasteiger partial charge is 0.303 e. The first-order chi connectivity index (χ1) is 6.99. The van der Waals surface area contributed by atoms with Gasteiger partial charge in [0.1, 0.15) is 5.82 Å². The predicted molar refractivity (Wildman–Crippen MR) is 57.7 cm³/mol. The van der Waals surface area contributed by atoms with Crippen molar-refractivity contribution in [3.05, 3.63) is 17.7 Å². The molecule has 0 aliphatic rings. The van der Waals surface area contributed by atoms with Crippen LogP contribution in [0.1, 0.15) is 31.8 Å². The molecule has 0 bridgehead atoms. The van der Waals surface area contributed by atoms with E-state index in [1.165, 1.54) is 0 Å². The molecule has 1 aromatic rings. The van der Waals surface area contributed by atoms with Crippen LogP contribution in [0.2, 0.25) is 0 Å². The van der Waals surface area contributed by atoms with E-state index in [1.807, 2.05) is 17.8 Å². The molecule has 0 amide bonds. The van der Waals surface area contributed by atoms with Crippen molar-refractivity contribution in [3.63, 3.8) is 0 Å². The van der Waals surface area contributed by atoms with Crippen molar-refractivity contribution in [1.29, 1.82) is 0 Å². The average Bonchev–Trinajstić information content (AvgIpc) is 2.43. The Bertz CT molecular complexity index is 342. The summed E-state index contributed by atoms with van der Waals surface area (Å²) in [4.78, 5) is 14.8. The second kappa shape index (κ2) is 4.96. The molecule has 1 heterocycles. The van der Waals surface area contributed by atoms with Crippen LogP contribution in [0.3, 0.4) is 0 Å². The molecule has 0 spiro atoms. The Morgan fingerprint density at radius 2 is 2.27 bits per heavy atom. The topological polar surface area (TPSA) is 55.1 Å². The lowest BCUT2D eigenvalue weighted by Gasteiger charge is -2.03. The Kier molecular flexibility index (Phi) is 3.88. The molecular formula is C11H18N2O2. The lowest BCUT2D eigenvalue weighted by atomic mass is 10.1. The van der Waals surface area contributed by atoms with E-state index in [-0.39, 0.29) is 6.42 Å². The molecule has 1 N–H and O–H groups in total. The Morgan fingerprint density at radius 1 is 1.60 bits per heavy atom. The van der Waals surface area contributed by atoms with E-state index >= 15 is 0 Å². The van der Waals surface area contributed by atoms with Crippen LogP contribution < -0.4 is 0 Å². The highest BCUT2D eigenvalue weighted by atomic mass is 16.4. The number of aryl methyl sites for hydroxylation is 2. The molecule has 4 heteroatoms. The molecule has 0 radical (unpaired) electrons. The standard InChI is InChI=1S/C11H18N2O2/c1-8(2)6-10-12-9(7-13(10)3)4-5-11(14)15/h7-8H,4-6H2,1-3H3,(H,14,15). The van der Waals surface area contributed by atoms with Gasteiger partial charge in [-0.15, -0.1) is 0 Å². The maximum Gasteiger partial charge on any atom is 0.303 e. The number of aromatic nitrogens is 2. The van der Waals surface area contributed by atoms with Gasteiger partial charge in [0.05, 0.1) is 12.1 Å². The first kappa shape index (κ1) is 11.8. The van der Waals surface area contributed by atoms with Gasteiger partial charge in [0.15, 0.2) is 0 Å². The minimum Gasteiger partial charge on any atom is -0.481 e. The van der Waals surface area contributed by atoms with Crippen molar-refractivity contribution in [3.8, 4) is 0 Å². The number of imidazole rings is 1. The molecule has 0 atom stereocenters. The third-order valence-corrected chi connectivity index (χ3v) is 2.21. The van der Waals surface area contributed by atoms with E-state index in [4.69, 9.17) is 5.11 Å². The molecule has 0 saturated heterocycles. The SMILES string of the molecule is CC(C)Cc1nc(CCC(=O)O)cn1C. The molecule has 0 aromatic carbocycles. The molecule has 4 nitrogen and oxygen atoms in total. The quantitative estimate of drug-likeness (QED) is 0.803. The highest BCUT2D eigenvalue weighted by molar-refractivity contribution is 5.66. The Balaban J connectivity index is 2.64. The van der Waals surface area contributed by atoms with Crippen LogP contribution in [0.15, 0.2) is 6.20 Å². The number of aliphatic carboxylic acids is 1. The third-order valence-electron chi connectivity index (χ3n) is 2.21. The van der Waals surface area contributed by atoms with E-state index < -0.39 is 5.97 Å². The highest BCUT2D eigenvalue weighted by Gasteiger charge is 2.08. The largest absolute Gasteiger partial charge is 0.481 e. The van der Waals surface area contributed by atoms with Gasteiger partial charge in [0.25, 0.3) is 0 Å². The second-order valence-corrected chi connectivity index (χ2v) is 4.25. The zero-order valence-electron chi connectivity index (χ0n) is 9.53. The van der Waals surface area contributed by atoms with Crippen LogP contribution >= 0.6 is 0 Å². The first-order valence-corrected chi connectivity index (χ1v) is 5.22. The fourth-order valence-corrected chi connectivity index (χ4v) is 1.48. The monoisotopic (exact) mass is 210 g/mol. The number of carboxylic acid groups (broad SMARTS) is 1. The number of rotatable bonds is 5. The van der Waals surface area contributed by atoms with Crippen LogP contribution in [0.25, 0.3) is 0 Å². The van der Waals surface area contributed by atoms with Crippen molar-refractivity contribution in [2.24, 2.45) is 13.0 Å². The van der Waals surface area contributed by atoms with Crippen LogP contribution in [0.4, 0.5) is 0 Å². The minimum absolute atomic E-state index is 0.151. The summed E-state index contributed by atoms with van der Waals surface area (Å²) in [7, 11) is 1.95. The van der Waals surface area contributed by atoms with Gasteiger partial charge in [-0.05, 0) is 5.92 Å². The summed E-state index contributed by atoms with van der Waals surface area (Å²) in [5.74, 6) is 0.829. The molecule has 15 heavy (non-hydrogen) atoms. The fourth-order valence-electron chi connectivity index (χ4n) is 1.48. The summed E-state index contributed by atoms with van der Waals surface area (Å²) in [5, 5.41) is 8.56. The number of hydrogen-bond acceptors (Lipinski definition) is 2. The average molecular weight is 210 g/mol. The summed E-state index contributed by atoms with van der Waals surface area (Å²) < 4.78 is 1.98. The highest BCUT2D eigenvalue weighted by Crippen LogP contribution is 2.09. The van der Waals surface area contributed by atoms with Gasteiger partial charge in [-0.1, -0.05) is 13.8 Å². The van der Waals surface area contributed by atoms with E-state index in [0.717, 1.165) is 17.9 Å². The van der Waals surface area contributed by atoms with Gasteiger partial charge < -0.3 is 9.67 Å². The van der Waals surface area contributed by atoms with Crippen molar-refractivity contribution in [2.45, 2.75) is 33.1 Å². The van der Waals surface area contributed by atoms with Gasteiger partial charge >= 0.3 is 5.97 Å². The van der Waals surface area contributed by atoms with Gasteiger partial charge in [-0.3, -0.25) is 4.79 Å². The van der Waals surface area contributed by atoms with Gasteiger partial charge in [-0.25, -0.2) is 4.98 Å². The summed E-state index contributed by atoms with van der Waals surface area (Å²) in [6.07, 6.45) is 3.52. The zero-order valence-corrected chi connectivity index (χ0v) is 9.53. The Labute approximate surface area is 89.9 Å². The molecule has 84 valence electrons. The minimum atomic E-state index is -0.772. The van der Waals surface area contributed by atoms with E-state index in [0.29, 0.717) is 12.3 Å². The van der Waals surface area contributed by atoms with Crippen LogP contribution in [0.5, 0.6) is 0 Å². The van der Waals surface area contributed by atoms with E-state index in [9.17, 15) is 4.79 Å². The summed E-state index contributed by atoms with van der Waals surface area (Å²) in [6.45, 7) is 4.29. The number of hydrogen-bond donors (Lipinski definition) is 1. The van der Waals surface area contributed by atoms with Crippen LogP contribution in [-0.4, -0.2) is 20.6 Å². The number of carboxylic acids is 1. The number of nitrogens with zero attached hydrogens (tertiary/aromatic N) is 2. The third kappa shape index (κ3) is 3.73. The number of carbonyl (C=O) groups is 1. The molecule has 0 fully saturated rings. The summed E-state index contributed by atoms with van der Waals surface area (Å²) in [6, 6.07) is 0. The van der Waals surface area contributed by atoms with Gasteiger partial charge in [-0.2, -0.15) is 0 Å². The maximum absolute atomic E-state index is 10.4. The van der Waals surface area contributed by atoms with Gasteiger partial charge in [0, 0.05) is 26.1 Å². The van der Waals surface area contributed by atoms with E-state index in [2.05, 4.69) is 18.8 Å². The Hall–Kier alpha value is -1.32. The first-order valence-electron chi connectivity index (χ1n) is 5.22. The lowest BCUT2D eigenvalue weighted by Crippen LogP contribution is -2.02. The van der Waals surface area contributed by atoms with Crippen molar-refractivity contribution in [1.82, 2.24) is 9.55 Å². The fraction of sp³-hybridized carbons (Fsp3) is 0.636. The molecule has 0 unspecified atom stereocenters. The van der Waals surface area contributed by atoms with Crippen LogP contribution in [0, 0.1) is 5.92 Å². The maximum atomic E-state index is 10.4. The Morgan fingerprint density at radius 3 is 2.80 bits per heavy atom. The zero-order chi connectivity index (χ0) is 11.4. The van der Waals surface area contributed by atoms with Crippen molar-refractivity contribution in [2.75, 3.05) is 0 Å². The summed E-state index contributed by atoms with van der Waals surface area (Å²) in [5.41, 5.74) is 0.871. The molecular weight excluding hydrogens is 192 g/mol. The molecule has 1 rings (SSSR count). The van der Waals surface area contributed by atoms with Gasteiger partial charge in [0.2, 0.25) is 0 Å². The lowest BCUT2D eigenvalue weighted by molar-refractivity contribution is -0.136. The molecule has 1 aromatic heterocycles. The van der Waals surface area contributed by atoms with Crippen molar-refractivity contribution >= 4 is 5.97 Å². The second-order valence-electron chi connectivity index (χ2n) is 4.25. The predicted octanol–water partition coefficient (Wildman–Crippen LogP) is 1.64. The van der Waals surface area contributed by atoms with Crippen molar-refractivity contribution < 1.29 is 9.90 Å². The van der Waals surface area contributed by atoms with E-state index in [1.54, 1.807) is 0 Å². The molecule has 0 saturated carbocycles. The van der Waals surface area contributed by atoms with Crippen LogP contribution in [-0.2, 0) is 24.7 Å². The summed E-state index contributed by atoms with van der Waals surface area (Å²) >= 11 is 0. The molecule has 0 aliphatic heterocycles. The normalized spacial score (nSPS) is 10.9. The molecule has 0 aliphatic carbocycles.